The molecule has 3 nitrogen and oxygen atoms in total. The van der Waals surface area contributed by atoms with Gasteiger partial charge in [0.15, 0.2) is 0 Å². The molecule has 2 aromatic carbocycles. The predicted octanol–water partition coefficient (Wildman–Crippen LogP) is 4.09. The van der Waals surface area contributed by atoms with Crippen molar-refractivity contribution < 1.29 is 32.2 Å². The molecule has 0 saturated carbocycles. The number of carboxylic acids is 1. The molecule has 0 saturated heterocycles. The first-order valence-corrected chi connectivity index (χ1v) is 5.66. The zero-order valence-corrected chi connectivity index (χ0v) is 10.3. The summed E-state index contributed by atoms with van der Waals surface area (Å²) in [4.78, 5) is 10.8. The Morgan fingerprint density at radius 3 is 2.29 bits per heavy atom. The second kappa shape index (κ2) is 5.43. The van der Waals surface area contributed by atoms with Gasteiger partial charge in [-0.25, -0.2) is 9.18 Å². The molecule has 0 atom stereocenters. The van der Waals surface area contributed by atoms with Crippen molar-refractivity contribution in [3.63, 3.8) is 0 Å². The van der Waals surface area contributed by atoms with Crippen LogP contribution in [0.25, 0.3) is 11.1 Å². The molecule has 0 amide bonds. The number of ether oxygens (including phenoxy) is 1. The highest BCUT2D eigenvalue weighted by Crippen LogP contribution is 2.35. The monoisotopic (exact) mass is 300 g/mol. The highest BCUT2D eigenvalue weighted by atomic mass is 19.4. The Bertz CT molecular complexity index is 680. The number of hydrogen-bond donors (Lipinski definition) is 1. The molecule has 0 spiro atoms. The van der Waals surface area contributed by atoms with Crippen LogP contribution in [0, 0.1) is 5.82 Å². The van der Waals surface area contributed by atoms with E-state index in [9.17, 15) is 22.4 Å². The van der Waals surface area contributed by atoms with Gasteiger partial charge in [0.05, 0.1) is 5.56 Å². The van der Waals surface area contributed by atoms with Crippen LogP contribution >= 0.6 is 0 Å². The highest BCUT2D eigenvalue weighted by Gasteiger charge is 2.33. The van der Waals surface area contributed by atoms with E-state index in [1.807, 2.05) is 0 Å². The first kappa shape index (κ1) is 14.8. The molecular formula is C14H8F4O3. The molecular weight excluding hydrogens is 292 g/mol. The molecule has 7 heteroatoms. The largest absolute Gasteiger partial charge is 0.573 e. The van der Waals surface area contributed by atoms with Crippen molar-refractivity contribution in [1.29, 1.82) is 0 Å². The van der Waals surface area contributed by atoms with Gasteiger partial charge in [-0.3, -0.25) is 0 Å². The van der Waals surface area contributed by atoms with Crippen molar-refractivity contribution in [3.8, 4) is 16.9 Å². The molecule has 1 N–H and O–H groups in total. The predicted molar refractivity (Wildman–Crippen MR) is 65.5 cm³/mol. The normalized spacial score (nSPS) is 11.2. The van der Waals surface area contributed by atoms with E-state index in [-0.39, 0.29) is 11.1 Å². The van der Waals surface area contributed by atoms with Gasteiger partial charge in [0.2, 0.25) is 0 Å². The van der Waals surface area contributed by atoms with Crippen LogP contribution in [0.3, 0.4) is 0 Å². The number of carbonyl (C=O) groups is 1. The highest BCUT2D eigenvalue weighted by molar-refractivity contribution is 5.89. The first-order chi connectivity index (χ1) is 9.78. The summed E-state index contributed by atoms with van der Waals surface area (Å²) in [6, 6.07) is 8.04. The van der Waals surface area contributed by atoms with Crippen LogP contribution in [-0.2, 0) is 0 Å². The molecule has 21 heavy (non-hydrogen) atoms. The summed E-state index contributed by atoms with van der Waals surface area (Å²) in [5, 5.41) is 8.81. The van der Waals surface area contributed by atoms with E-state index in [1.54, 1.807) is 0 Å². The summed E-state index contributed by atoms with van der Waals surface area (Å²) in [7, 11) is 0. The summed E-state index contributed by atoms with van der Waals surface area (Å²) < 4.78 is 54.7. The topological polar surface area (TPSA) is 46.5 Å². The SMILES string of the molecule is O=C(O)c1ccc(-c2ccccc2F)c(OC(F)(F)F)c1. The van der Waals surface area contributed by atoms with E-state index in [0.29, 0.717) is 6.07 Å². The molecule has 0 fully saturated rings. The molecule has 0 heterocycles. The van der Waals surface area contributed by atoms with Crippen molar-refractivity contribution in [1.82, 2.24) is 0 Å². The Kier molecular flexibility index (Phi) is 3.84. The van der Waals surface area contributed by atoms with Gasteiger partial charge in [-0.15, -0.1) is 13.2 Å². The van der Waals surface area contributed by atoms with E-state index < -0.39 is 29.5 Å². The smallest absolute Gasteiger partial charge is 0.478 e. The minimum Gasteiger partial charge on any atom is -0.478 e. The fourth-order valence-corrected chi connectivity index (χ4v) is 1.77. The fourth-order valence-electron chi connectivity index (χ4n) is 1.77. The van der Waals surface area contributed by atoms with Crippen LogP contribution in [0.5, 0.6) is 5.75 Å². The minimum atomic E-state index is -5.02. The molecule has 0 radical (unpaired) electrons. The maximum absolute atomic E-state index is 13.7. The average Bonchev–Trinajstić information content (AvgIpc) is 2.37. The molecule has 0 unspecified atom stereocenters. The van der Waals surface area contributed by atoms with Gasteiger partial charge in [0, 0.05) is 11.1 Å². The van der Waals surface area contributed by atoms with Gasteiger partial charge in [-0.1, -0.05) is 18.2 Å². The standard InChI is InChI=1S/C14H8F4O3/c15-11-4-2-1-3-9(11)10-6-5-8(13(19)20)7-12(10)21-14(16,17)18/h1-7H,(H,19,20). The maximum atomic E-state index is 13.7. The lowest BCUT2D eigenvalue weighted by Crippen LogP contribution is -2.18. The van der Waals surface area contributed by atoms with Gasteiger partial charge in [0.25, 0.3) is 0 Å². The van der Waals surface area contributed by atoms with Gasteiger partial charge in [-0.2, -0.15) is 0 Å². The number of carboxylic acid groups (broad SMARTS) is 1. The molecule has 2 aromatic rings. The van der Waals surface area contributed by atoms with Crippen molar-refractivity contribution in [2.45, 2.75) is 6.36 Å². The number of alkyl halides is 3. The van der Waals surface area contributed by atoms with Gasteiger partial charge >= 0.3 is 12.3 Å². The zero-order valence-electron chi connectivity index (χ0n) is 10.3. The molecule has 0 aromatic heterocycles. The second-order valence-corrected chi connectivity index (χ2v) is 4.04. The summed E-state index contributed by atoms with van der Waals surface area (Å²) in [6.45, 7) is 0. The maximum Gasteiger partial charge on any atom is 0.573 e. The third kappa shape index (κ3) is 3.50. The summed E-state index contributed by atoms with van der Waals surface area (Å²) in [5.41, 5.74) is -0.696. The Morgan fingerprint density at radius 1 is 1.05 bits per heavy atom. The first-order valence-electron chi connectivity index (χ1n) is 5.66. The molecule has 0 aliphatic heterocycles. The summed E-state index contributed by atoms with van der Waals surface area (Å²) in [5.74, 6) is -2.93. The van der Waals surface area contributed by atoms with Crippen LogP contribution < -0.4 is 4.74 Å². The number of hydrogen-bond acceptors (Lipinski definition) is 2. The van der Waals surface area contributed by atoms with E-state index in [4.69, 9.17) is 5.11 Å². The quantitative estimate of drug-likeness (QED) is 0.868. The van der Waals surface area contributed by atoms with Crippen molar-refractivity contribution in [3.05, 3.63) is 53.8 Å². The van der Waals surface area contributed by atoms with Crippen LogP contribution in [0.1, 0.15) is 10.4 Å². The Hall–Kier alpha value is -2.57. The lowest BCUT2D eigenvalue weighted by molar-refractivity contribution is -0.274. The molecule has 0 aliphatic carbocycles. The average molecular weight is 300 g/mol. The summed E-state index contributed by atoms with van der Waals surface area (Å²) >= 11 is 0. The van der Waals surface area contributed by atoms with E-state index in [2.05, 4.69) is 4.74 Å². The lowest BCUT2D eigenvalue weighted by Gasteiger charge is -2.14. The van der Waals surface area contributed by atoms with Crippen molar-refractivity contribution >= 4 is 5.97 Å². The van der Waals surface area contributed by atoms with E-state index >= 15 is 0 Å². The van der Waals surface area contributed by atoms with Crippen LogP contribution in [-0.4, -0.2) is 17.4 Å². The lowest BCUT2D eigenvalue weighted by atomic mass is 10.0. The minimum absolute atomic E-state index is 0.117. The Labute approximate surface area is 116 Å². The van der Waals surface area contributed by atoms with Crippen LogP contribution in [0.4, 0.5) is 17.6 Å². The molecule has 2 rings (SSSR count). The molecule has 110 valence electrons. The van der Waals surface area contributed by atoms with Gasteiger partial charge < -0.3 is 9.84 Å². The van der Waals surface area contributed by atoms with E-state index in [0.717, 1.165) is 18.2 Å². The number of aromatic carboxylic acids is 1. The third-order valence-corrected chi connectivity index (χ3v) is 2.62. The number of halogens is 4. The van der Waals surface area contributed by atoms with Crippen LogP contribution in [0.15, 0.2) is 42.5 Å². The van der Waals surface area contributed by atoms with Gasteiger partial charge in [0.1, 0.15) is 11.6 Å². The Morgan fingerprint density at radius 2 is 1.71 bits per heavy atom. The van der Waals surface area contributed by atoms with Gasteiger partial charge in [-0.05, 0) is 24.3 Å². The zero-order chi connectivity index (χ0) is 15.6. The van der Waals surface area contributed by atoms with Crippen molar-refractivity contribution in [2.24, 2.45) is 0 Å². The molecule has 0 bridgehead atoms. The second-order valence-electron chi connectivity index (χ2n) is 4.04. The number of rotatable bonds is 3. The third-order valence-electron chi connectivity index (χ3n) is 2.62. The fraction of sp³-hybridized carbons (Fsp3) is 0.0714. The van der Waals surface area contributed by atoms with Crippen LogP contribution in [0.2, 0.25) is 0 Å². The van der Waals surface area contributed by atoms with Crippen molar-refractivity contribution in [2.75, 3.05) is 0 Å². The molecule has 0 aliphatic rings. The number of benzene rings is 2. The summed E-state index contributed by atoms with van der Waals surface area (Å²) in [6.07, 6.45) is -5.02. The van der Waals surface area contributed by atoms with E-state index in [1.165, 1.54) is 18.2 Å². The Balaban J connectivity index is 2.60.